The van der Waals surface area contributed by atoms with E-state index < -0.39 is 6.09 Å². The predicted octanol–water partition coefficient (Wildman–Crippen LogP) is 3.42. The van der Waals surface area contributed by atoms with Crippen LogP contribution >= 0.6 is 11.6 Å². The van der Waals surface area contributed by atoms with Gasteiger partial charge in [0.15, 0.2) is 11.5 Å². The van der Waals surface area contributed by atoms with Crippen molar-refractivity contribution in [3.05, 3.63) is 41.7 Å². The number of benzene rings is 2. The molecule has 3 aromatic rings. The van der Waals surface area contributed by atoms with Crippen molar-refractivity contribution in [2.24, 2.45) is 5.73 Å². The molecule has 2 aromatic carbocycles. The second-order valence-corrected chi connectivity index (χ2v) is 5.35. The smallest absolute Gasteiger partial charge is 0.409 e. The Labute approximate surface area is 148 Å². The Hall–Kier alpha value is -3.06. The lowest BCUT2D eigenvalue weighted by atomic mass is 10.1. The number of hydrogen-bond acceptors (Lipinski definition) is 6. The molecule has 2 N–H and O–H groups in total. The highest BCUT2D eigenvalue weighted by Gasteiger charge is 2.14. The van der Waals surface area contributed by atoms with Crippen LogP contribution in [-0.2, 0) is 0 Å². The SMILES string of the molecule is COc1cc2nc(Cl)nc(-c3cccc(OC(N)=O)c3)c2cc1OC. The van der Waals surface area contributed by atoms with Gasteiger partial charge in [-0.05, 0) is 29.8 Å². The molecule has 0 fully saturated rings. The van der Waals surface area contributed by atoms with Crippen LogP contribution in [0.3, 0.4) is 0 Å². The maximum Gasteiger partial charge on any atom is 0.409 e. The number of primary amides is 1. The van der Waals surface area contributed by atoms with Gasteiger partial charge in [-0.1, -0.05) is 12.1 Å². The number of nitrogens with zero attached hydrogens (tertiary/aromatic N) is 2. The Morgan fingerprint density at radius 2 is 1.80 bits per heavy atom. The maximum atomic E-state index is 11.0. The Balaban J connectivity index is 2.23. The van der Waals surface area contributed by atoms with E-state index >= 15 is 0 Å². The van der Waals surface area contributed by atoms with Gasteiger partial charge in [-0.2, -0.15) is 0 Å². The first kappa shape index (κ1) is 16.8. The van der Waals surface area contributed by atoms with Crippen molar-refractivity contribution < 1.29 is 19.0 Å². The summed E-state index contributed by atoms with van der Waals surface area (Å²) in [5.41, 5.74) is 6.89. The minimum Gasteiger partial charge on any atom is -0.493 e. The number of carbonyl (C=O) groups excluding carboxylic acids is 1. The van der Waals surface area contributed by atoms with Gasteiger partial charge in [0.05, 0.1) is 25.4 Å². The molecule has 1 aromatic heterocycles. The molecule has 0 aliphatic heterocycles. The third-order valence-corrected chi connectivity index (χ3v) is 3.67. The van der Waals surface area contributed by atoms with Crippen LogP contribution in [0.1, 0.15) is 0 Å². The van der Waals surface area contributed by atoms with Gasteiger partial charge in [-0.25, -0.2) is 14.8 Å². The average molecular weight is 360 g/mol. The summed E-state index contributed by atoms with van der Waals surface area (Å²) < 4.78 is 15.6. The van der Waals surface area contributed by atoms with E-state index in [1.54, 1.807) is 37.4 Å². The molecule has 0 atom stereocenters. The van der Waals surface area contributed by atoms with Gasteiger partial charge in [-0.15, -0.1) is 0 Å². The predicted molar refractivity (Wildman–Crippen MR) is 93.3 cm³/mol. The third kappa shape index (κ3) is 3.41. The number of aromatic nitrogens is 2. The number of methoxy groups -OCH3 is 2. The fourth-order valence-electron chi connectivity index (χ4n) is 2.47. The van der Waals surface area contributed by atoms with Crippen molar-refractivity contribution in [1.29, 1.82) is 0 Å². The highest BCUT2D eigenvalue weighted by molar-refractivity contribution is 6.28. The fraction of sp³-hybridized carbons (Fsp3) is 0.118. The van der Waals surface area contributed by atoms with Crippen LogP contribution < -0.4 is 19.9 Å². The monoisotopic (exact) mass is 359 g/mol. The van der Waals surface area contributed by atoms with Crippen LogP contribution in [0.5, 0.6) is 17.2 Å². The summed E-state index contributed by atoms with van der Waals surface area (Å²) in [5.74, 6) is 1.36. The number of hydrogen-bond donors (Lipinski definition) is 1. The number of nitrogens with two attached hydrogens (primary N) is 1. The van der Waals surface area contributed by atoms with E-state index in [-0.39, 0.29) is 5.28 Å². The molecule has 0 spiro atoms. The zero-order valence-corrected chi connectivity index (χ0v) is 14.2. The van der Waals surface area contributed by atoms with Crippen molar-refractivity contribution >= 4 is 28.6 Å². The van der Waals surface area contributed by atoms with Crippen LogP contribution in [-0.4, -0.2) is 30.3 Å². The lowest BCUT2D eigenvalue weighted by molar-refractivity contribution is 0.211. The summed E-state index contributed by atoms with van der Waals surface area (Å²) in [6.07, 6.45) is -0.894. The normalized spacial score (nSPS) is 10.5. The summed E-state index contributed by atoms with van der Waals surface area (Å²) in [6.45, 7) is 0. The quantitative estimate of drug-likeness (QED) is 0.717. The van der Waals surface area contributed by atoms with E-state index in [1.165, 1.54) is 7.11 Å². The molecule has 0 bridgehead atoms. The second-order valence-electron chi connectivity index (χ2n) is 5.01. The number of halogens is 1. The van der Waals surface area contributed by atoms with Gasteiger partial charge >= 0.3 is 6.09 Å². The van der Waals surface area contributed by atoms with Crippen LogP contribution in [0.4, 0.5) is 4.79 Å². The molecule has 0 saturated heterocycles. The molecule has 0 unspecified atom stereocenters. The Bertz CT molecular complexity index is 962. The maximum absolute atomic E-state index is 11.0. The molecule has 0 radical (unpaired) electrons. The van der Waals surface area contributed by atoms with Gasteiger partial charge in [0, 0.05) is 17.0 Å². The molecule has 25 heavy (non-hydrogen) atoms. The number of carbonyl (C=O) groups is 1. The van der Waals surface area contributed by atoms with Crippen molar-refractivity contribution in [2.45, 2.75) is 0 Å². The van der Waals surface area contributed by atoms with Crippen LogP contribution in [0.25, 0.3) is 22.2 Å². The van der Waals surface area contributed by atoms with Gasteiger partial charge < -0.3 is 19.9 Å². The van der Waals surface area contributed by atoms with Crippen LogP contribution in [0.15, 0.2) is 36.4 Å². The van der Waals surface area contributed by atoms with E-state index in [4.69, 9.17) is 31.5 Å². The molecular weight excluding hydrogens is 346 g/mol. The van der Waals surface area contributed by atoms with E-state index in [0.717, 1.165) is 0 Å². The first-order chi connectivity index (χ1) is 12.0. The van der Waals surface area contributed by atoms with E-state index in [1.807, 2.05) is 6.07 Å². The van der Waals surface area contributed by atoms with Crippen molar-refractivity contribution in [3.8, 4) is 28.5 Å². The highest BCUT2D eigenvalue weighted by Crippen LogP contribution is 2.36. The standard InChI is InChI=1S/C17H14ClN3O4/c1-23-13-7-11-12(8-14(13)24-2)20-16(18)21-15(11)9-4-3-5-10(6-9)25-17(19)22/h3-8H,1-2H3,(H2,19,22). The van der Waals surface area contributed by atoms with Gasteiger partial charge in [0.25, 0.3) is 0 Å². The largest absolute Gasteiger partial charge is 0.493 e. The van der Waals surface area contributed by atoms with Crippen LogP contribution in [0.2, 0.25) is 5.28 Å². The Kier molecular flexibility index (Phi) is 4.58. The number of ether oxygens (including phenoxy) is 3. The molecule has 0 saturated carbocycles. The molecule has 3 rings (SSSR count). The number of rotatable bonds is 4. The molecule has 7 nitrogen and oxygen atoms in total. The summed E-state index contributed by atoms with van der Waals surface area (Å²) in [6, 6.07) is 10.3. The lowest BCUT2D eigenvalue weighted by Gasteiger charge is -2.12. The van der Waals surface area contributed by atoms with Gasteiger partial charge in [0.1, 0.15) is 5.75 Å². The van der Waals surface area contributed by atoms with Crippen molar-refractivity contribution in [1.82, 2.24) is 9.97 Å². The zero-order valence-electron chi connectivity index (χ0n) is 13.4. The van der Waals surface area contributed by atoms with E-state index in [9.17, 15) is 4.79 Å². The average Bonchev–Trinajstić information content (AvgIpc) is 2.59. The summed E-state index contributed by atoms with van der Waals surface area (Å²) >= 11 is 6.07. The molecule has 1 heterocycles. The van der Waals surface area contributed by atoms with Gasteiger partial charge in [0.2, 0.25) is 5.28 Å². The number of amides is 1. The van der Waals surface area contributed by atoms with Gasteiger partial charge in [-0.3, -0.25) is 0 Å². The minimum atomic E-state index is -0.894. The highest BCUT2D eigenvalue weighted by atomic mass is 35.5. The number of fused-ring (bicyclic) bond motifs is 1. The van der Waals surface area contributed by atoms with Crippen LogP contribution in [0, 0.1) is 0 Å². The third-order valence-electron chi connectivity index (χ3n) is 3.50. The Morgan fingerprint density at radius 3 is 2.48 bits per heavy atom. The molecule has 1 amide bonds. The second kappa shape index (κ2) is 6.82. The minimum absolute atomic E-state index is 0.0796. The van der Waals surface area contributed by atoms with Crippen molar-refractivity contribution in [2.75, 3.05) is 14.2 Å². The molecule has 128 valence electrons. The molecule has 0 aliphatic rings. The molecule has 8 heteroatoms. The summed E-state index contributed by atoms with van der Waals surface area (Å²) in [7, 11) is 3.08. The van der Waals surface area contributed by atoms with E-state index in [0.29, 0.717) is 39.4 Å². The molecular formula is C17H14ClN3O4. The summed E-state index contributed by atoms with van der Waals surface area (Å²) in [5, 5.41) is 0.786. The summed E-state index contributed by atoms with van der Waals surface area (Å²) in [4.78, 5) is 19.5. The fourth-order valence-corrected chi connectivity index (χ4v) is 2.65. The van der Waals surface area contributed by atoms with E-state index in [2.05, 4.69) is 9.97 Å². The topological polar surface area (TPSA) is 96.6 Å². The zero-order chi connectivity index (χ0) is 18.0. The van der Waals surface area contributed by atoms with Crippen molar-refractivity contribution in [3.63, 3.8) is 0 Å². The first-order valence-corrected chi connectivity index (χ1v) is 7.56. The molecule has 0 aliphatic carbocycles. The lowest BCUT2D eigenvalue weighted by Crippen LogP contribution is -2.16. The first-order valence-electron chi connectivity index (χ1n) is 7.19. The Morgan fingerprint density at radius 1 is 1.08 bits per heavy atom.